The summed E-state index contributed by atoms with van der Waals surface area (Å²) in [5.74, 6) is -0.775. The Morgan fingerprint density at radius 1 is 1.30 bits per heavy atom. The number of hydrogen-bond acceptors (Lipinski definition) is 5. The first-order valence-electron chi connectivity index (χ1n) is 8.73. The Bertz CT molecular complexity index is 959. The number of primary amides is 1. The number of aromatic amines is 1. The van der Waals surface area contributed by atoms with E-state index < -0.39 is 23.9 Å². The Kier molecular flexibility index (Phi) is 5.27. The summed E-state index contributed by atoms with van der Waals surface area (Å²) >= 11 is 0. The third kappa shape index (κ3) is 4.01. The number of benzene rings is 1. The molecule has 2 unspecified atom stereocenters. The van der Waals surface area contributed by atoms with Crippen molar-refractivity contribution in [3.63, 3.8) is 0 Å². The van der Waals surface area contributed by atoms with Gasteiger partial charge >= 0.3 is 0 Å². The predicted octanol–water partition coefficient (Wildman–Crippen LogP) is 1.64. The number of carbonyl (C=O) groups excluding carboxylic acids is 2. The summed E-state index contributed by atoms with van der Waals surface area (Å²) in [4.78, 5) is 31.6. The van der Waals surface area contributed by atoms with Crippen LogP contribution in [0.1, 0.15) is 41.8 Å². The van der Waals surface area contributed by atoms with Gasteiger partial charge in [-0.3, -0.25) is 9.59 Å². The van der Waals surface area contributed by atoms with Gasteiger partial charge in [0, 0.05) is 23.5 Å². The first kappa shape index (κ1) is 18.7. The van der Waals surface area contributed by atoms with Crippen LogP contribution in [-0.2, 0) is 11.2 Å². The third-order valence-corrected chi connectivity index (χ3v) is 4.51. The molecule has 8 nitrogen and oxygen atoms in total. The van der Waals surface area contributed by atoms with Gasteiger partial charge in [0.2, 0.25) is 11.8 Å². The summed E-state index contributed by atoms with van der Waals surface area (Å²) in [6.07, 6.45) is 3.31. The fourth-order valence-corrected chi connectivity index (χ4v) is 2.81. The van der Waals surface area contributed by atoms with Crippen molar-refractivity contribution in [2.45, 2.75) is 32.4 Å². The Labute approximate surface area is 156 Å². The molecule has 2 heterocycles. The standard InChI is InChI=1S/C19H23N5O3/c1-10(2)16(20)19-24-15(9-27-19)18(26)23-14(17(21)25)7-11-8-22-13-6-4-3-5-12(11)13/h3-6,8-10,14,16,22H,7,20H2,1-2H3,(H2,21,25)(H,23,26). The average molecular weight is 369 g/mol. The number of rotatable bonds is 7. The van der Waals surface area contributed by atoms with Crippen LogP contribution >= 0.6 is 0 Å². The van der Waals surface area contributed by atoms with Crippen LogP contribution in [0.15, 0.2) is 41.1 Å². The molecule has 0 aliphatic heterocycles. The van der Waals surface area contributed by atoms with Gasteiger partial charge in [0.05, 0.1) is 6.04 Å². The van der Waals surface area contributed by atoms with Gasteiger partial charge in [0.15, 0.2) is 5.69 Å². The molecular weight excluding hydrogens is 346 g/mol. The maximum atomic E-state index is 12.5. The van der Waals surface area contributed by atoms with Crippen molar-refractivity contribution in [3.8, 4) is 0 Å². The summed E-state index contributed by atoms with van der Waals surface area (Å²) < 4.78 is 5.30. The van der Waals surface area contributed by atoms with Crippen LogP contribution in [-0.4, -0.2) is 27.8 Å². The number of aromatic nitrogens is 2. The molecule has 0 saturated carbocycles. The number of nitrogens with one attached hydrogen (secondary N) is 2. The lowest BCUT2D eigenvalue weighted by Crippen LogP contribution is -2.46. The van der Waals surface area contributed by atoms with E-state index in [0.29, 0.717) is 0 Å². The maximum absolute atomic E-state index is 12.5. The minimum Gasteiger partial charge on any atom is -0.446 e. The van der Waals surface area contributed by atoms with Gasteiger partial charge in [-0.2, -0.15) is 0 Å². The molecular formula is C19H23N5O3. The zero-order valence-electron chi connectivity index (χ0n) is 15.2. The summed E-state index contributed by atoms with van der Waals surface area (Å²) in [7, 11) is 0. The van der Waals surface area contributed by atoms with Crippen molar-refractivity contribution in [2.75, 3.05) is 0 Å². The van der Waals surface area contributed by atoms with E-state index in [-0.39, 0.29) is 23.9 Å². The van der Waals surface area contributed by atoms with Crippen LogP contribution in [0, 0.1) is 5.92 Å². The largest absolute Gasteiger partial charge is 0.446 e. The van der Waals surface area contributed by atoms with Crippen LogP contribution < -0.4 is 16.8 Å². The van der Waals surface area contributed by atoms with E-state index in [1.807, 2.05) is 44.3 Å². The molecule has 2 atom stereocenters. The topological polar surface area (TPSA) is 140 Å². The highest BCUT2D eigenvalue weighted by molar-refractivity contribution is 5.96. The number of H-pyrrole nitrogens is 1. The molecule has 0 bridgehead atoms. The van der Waals surface area contributed by atoms with E-state index in [2.05, 4.69) is 15.3 Å². The number of amides is 2. The highest BCUT2D eigenvalue weighted by atomic mass is 16.3. The molecule has 27 heavy (non-hydrogen) atoms. The summed E-state index contributed by atoms with van der Waals surface area (Å²) in [6, 6.07) is 6.41. The molecule has 6 N–H and O–H groups in total. The minimum atomic E-state index is -0.879. The second-order valence-electron chi connectivity index (χ2n) is 6.83. The van der Waals surface area contributed by atoms with Crippen molar-refractivity contribution in [3.05, 3.63) is 53.9 Å². The first-order valence-corrected chi connectivity index (χ1v) is 8.73. The van der Waals surface area contributed by atoms with E-state index in [4.69, 9.17) is 15.9 Å². The number of nitrogens with zero attached hydrogens (tertiary/aromatic N) is 1. The van der Waals surface area contributed by atoms with E-state index in [1.54, 1.807) is 0 Å². The number of hydrogen-bond donors (Lipinski definition) is 4. The van der Waals surface area contributed by atoms with E-state index in [0.717, 1.165) is 16.5 Å². The van der Waals surface area contributed by atoms with Crippen LogP contribution in [0.4, 0.5) is 0 Å². The molecule has 0 aliphatic carbocycles. The molecule has 2 aromatic heterocycles. The zero-order valence-corrected chi connectivity index (χ0v) is 15.2. The summed E-state index contributed by atoms with van der Waals surface area (Å²) in [6.45, 7) is 3.86. The number of para-hydroxylation sites is 1. The Hall–Kier alpha value is -3.13. The van der Waals surface area contributed by atoms with Crippen molar-refractivity contribution < 1.29 is 14.0 Å². The van der Waals surface area contributed by atoms with Gasteiger partial charge < -0.3 is 26.2 Å². The molecule has 1 aromatic carbocycles. The van der Waals surface area contributed by atoms with Crippen molar-refractivity contribution in [1.82, 2.24) is 15.3 Å². The summed E-state index contributed by atoms with van der Waals surface area (Å²) in [5.41, 5.74) is 13.4. The van der Waals surface area contributed by atoms with Gasteiger partial charge in [-0.1, -0.05) is 32.0 Å². The highest BCUT2D eigenvalue weighted by Gasteiger charge is 2.24. The zero-order chi connectivity index (χ0) is 19.6. The van der Waals surface area contributed by atoms with E-state index in [9.17, 15) is 9.59 Å². The normalized spacial score (nSPS) is 13.6. The van der Waals surface area contributed by atoms with Gasteiger partial charge in [0.25, 0.3) is 5.91 Å². The van der Waals surface area contributed by atoms with Crippen LogP contribution in [0.25, 0.3) is 10.9 Å². The fraction of sp³-hybridized carbons (Fsp3) is 0.316. The van der Waals surface area contributed by atoms with Crippen molar-refractivity contribution in [2.24, 2.45) is 17.4 Å². The smallest absolute Gasteiger partial charge is 0.273 e. The monoisotopic (exact) mass is 369 g/mol. The molecule has 3 aromatic rings. The van der Waals surface area contributed by atoms with Gasteiger partial charge in [-0.25, -0.2) is 4.98 Å². The number of carbonyl (C=O) groups is 2. The lowest BCUT2D eigenvalue weighted by atomic mass is 10.0. The molecule has 142 valence electrons. The van der Waals surface area contributed by atoms with Gasteiger partial charge in [0.1, 0.15) is 12.3 Å². The van der Waals surface area contributed by atoms with E-state index in [1.165, 1.54) is 6.26 Å². The molecule has 2 amide bonds. The lowest BCUT2D eigenvalue weighted by molar-refractivity contribution is -0.119. The van der Waals surface area contributed by atoms with Crippen LogP contribution in [0.5, 0.6) is 0 Å². The van der Waals surface area contributed by atoms with Gasteiger partial charge in [-0.05, 0) is 17.5 Å². The SMILES string of the molecule is CC(C)C(N)c1nc(C(=O)NC(Cc2c[nH]c3ccccc23)C(N)=O)co1. The van der Waals surface area contributed by atoms with Crippen molar-refractivity contribution >= 4 is 22.7 Å². The number of fused-ring (bicyclic) bond motifs is 1. The van der Waals surface area contributed by atoms with Crippen molar-refractivity contribution in [1.29, 1.82) is 0 Å². The number of nitrogens with two attached hydrogens (primary N) is 2. The number of oxazole rings is 1. The average Bonchev–Trinajstić information content (AvgIpc) is 3.28. The van der Waals surface area contributed by atoms with E-state index >= 15 is 0 Å². The maximum Gasteiger partial charge on any atom is 0.273 e. The molecule has 0 spiro atoms. The Morgan fingerprint density at radius 2 is 2.04 bits per heavy atom. The second-order valence-corrected chi connectivity index (χ2v) is 6.83. The minimum absolute atomic E-state index is 0.0614. The molecule has 3 rings (SSSR count). The van der Waals surface area contributed by atoms with Crippen LogP contribution in [0.2, 0.25) is 0 Å². The Morgan fingerprint density at radius 3 is 2.74 bits per heavy atom. The lowest BCUT2D eigenvalue weighted by Gasteiger charge is -2.14. The molecule has 0 radical (unpaired) electrons. The van der Waals surface area contributed by atoms with Crippen LogP contribution in [0.3, 0.4) is 0 Å². The molecule has 0 aliphatic rings. The first-order chi connectivity index (χ1) is 12.9. The quantitative estimate of drug-likeness (QED) is 0.501. The third-order valence-electron chi connectivity index (χ3n) is 4.51. The van der Waals surface area contributed by atoms with Gasteiger partial charge in [-0.15, -0.1) is 0 Å². The predicted molar refractivity (Wildman–Crippen MR) is 101 cm³/mol. The molecule has 0 saturated heterocycles. The Balaban J connectivity index is 1.75. The molecule has 8 heteroatoms. The second kappa shape index (κ2) is 7.63. The summed E-state index contributed by atoms with van der Waals surface area (Å²) in [5, 5.41) is 3.60. The fourth-order valence-electron chi connectivity index (χ4n) is 2.81. The molecule has 0 fully saturated rings. The highest BCUT2D eigenvalue weighted by Crippen LogP contribution is 2.20.